The first-order chi connectivity index (χ1) is 22.0. The monoisotopic (exact) mass is 703 g/mol. The van der Waals surface area contributed by atoms with Gasteiger partial charge in [0.05, 0.1) is 10.6 Å². The molecule has 46 heavy (non-hydrogen) atoms. The molecule has 0 aliphatic heterocycles. The zero-order valence-electron chi connectivity index (χ0n) is 26.8. The molecule has 7 nitrogen and oxygen atoms in total. The highest BCUT2D eigenvalue weighted by molar-refractivity contribution is 9.10. The number of aryl methyl sites for hydroxylation is 1. The Kier molecular flexibility index (Phi) is 12.2. The Labute approximate surface area is 281 Å². The zero-order valence-corrected chi connectivity index (χ0v) is 29.2. The number of amides is 2. The van der Waals surface area contributed by atoms with Crippen LogP contribution in [0.25, 0.3) is 0 Å². The molecule has 0 aliphatic carbocycles. The van der Waals surface area contributed by atoms with Crippen LogP contribution in [0, 0.1) is 6.92 Å². The summed E-state index contributed by atoms with van der Waals surface area (Å²) in [6.07, 6.45) is 1.00. The van der Waals surface area contributed by atoms with Crippen molar-refractivity contribution in [2.24, 2.45) is 0 Å². The number of sulfonamides is 1. The van der Waals surface area contributed by atoms with Crippen LogP contribution < -0.4 is 9.62 Å². The number of halogens is 1. The topological polar surface area (TPSA) is 86.8 Å². The SMILES string of the molecule is CCCNC(=O)[C@H](Cc1ccccc1)N(Cc1cccc(Br)c1)C(=O)CN(c1ccc(C(C)C)cc1)S(=O)(=O)c1ccc(C)cc1. The highest BCUT2D eigenvalue weighted by Gasteiger charge is 2.34. The lowest BCUT2D eigenvalue weighted by molar-refractivity contribution is -0.140. The summed E-state index contributed by atoms with van der Waals surface area (Å²) < 4.78 is 30.4. The van der Waals surface area contributed by atoms with Gasteiger partial charge in [0.2, 0.25) is 11.8 Å². The Morgan fingerprint density at radius 2 is 1.50 bits per heavy atom. The van der Waals surface area contributed by atoms with Crippen molar-refractivity contribution >= 4 is 43.5 Å². The van der Waals surface area contributed by atoms with Crippen molar-refractivity contribution in [3.8, 4) is 0 Å². The Balaban J connectivity index is 1.80. The second kappa shape index (κ2) is 16.1. The smallest absolute Gasteiger partial charge is 0.264 e. The molecule has 4 aromatic rings. The summed E-state index contributed by atoms with van der Waals surface area (Å²) in [5, 5.41) is 2.97. The molecule has 9 heteroatoms. The predicted octanol–water partition coefficient (Wildman–Crippen LogP) is 7.24. The average Bonchev–Trinajstić information content (AvgIpc) is 3.04. The Morgan fingerprint density at radius 3 is 2.11 bits per heavy atom. The fraction of sp³-hybridized carbons (Fsp3) is 0.297. The maximum Gasteiger partial charge on any atom is 0.264 e. The lowest BCUT2D eigenvalue weighted by atomic mass is 10.0. The molecule has 0 aromatic heterocycles. The number of hydrogen-bond donors (Lipinski definition) is 1. The van der Waals surface area contributed by atoms with Gasteiger partial charge in [-0.15, -0.1) is 0 Å². The van der Waals surface area contributed by atoms with E-state index in [2.05, 4.69) is 35.1 Å². The Hall–Kier alpha value is -3.95. The highest BCUT2D eigenvalue weighted by atomic mass is 79.9. The molecule has 0 heterocycles. The van der Waals surface area contributed by atoms with E-state index in [9.17, 15) is 18.0 Å². The van der Waals surface area contributed by atoms with Gasteiger partial charge in [0.1, 0.15) is 12.6 Å². The molecule has 0 bridgehead atoms. The van der Waals surface area contributed by atoms with Crippen LogP contribution in [-0.2, 0) is 32.6 Å². The molecule has 2 amide bonds. The van der Waals surface area contributed by atoms with Gasteiger partial charge in [-0.05, 0) is 72.4 Å². The van der Waals surface area contributed by atoms with E-state index in [4.69, 9.17) is 0 Å². The minimum absolute atomic E-state index is 0.0823. The van der Waals surface area contributed by atoms with Crippen molar-refractivity contribution < 1.29 is 18.0 Å². The quantitative estimate of drug-likeness (QED) is 0.150. The fourth-order valence-electron chi connectivity index (χ4n) is 5.14. The van der Waals surface area contributed by atoms with Crippen molar-refractivity contribution in [1.82, 2.24) is 10.2 Å². The number of carbonyl (C=O) groups excluding carboxylic acids is 2. The molecular weight excluding hydrogens is 662 g/mol. The van der Waals surface area contributed by atoms with Gasteiger partial charge in [-0.2, -0.15) is 0 Å². The van der Waals surface area contributed by atoms with Crippen molar-refractivity contribution in [2.45, 2.75) is 63.9 Å². The van der Waals surface area contributed by atoms with Crippen LogP contribution in [0.5, 0.6) is 0 Å². The van der Waals surface area contributed by atoms with Gasteiger partial charge in [0.25, 0.3) is 10.0 Å². The summed E-state index contributed by atoms with van der Waals surface area (Å²) in [6.45, 7) is 8.07. The molecule has 0 fully saturated rings. The second-order valence-corrected chi connectivity index (χ2v) is 14.5. The van der Waals surface area contributed by atoms with E-state index in [0.717, 1.165) is 37.5 Å². The van der Waals surface area contributed by atoms with E-state index >= 15 is 0 Å². The molecule has 0 saturated heterocycles. The lowest BCUT2D eigenvalue weighted by Gasteiger charge is -2.34. The van der Waals surface area contributed by atoms with Crippen LogP contribution >= 0.6 is 15.9 Å². The maximum absolute atomic E-state index is 14.6. The van der Waals surface area contributed by atoms with Gasteiger partial charge in [-0.3, -0.25) is 13.9 Å². The lowest BCUT2D eigenvalue weighted by Crippen LogP contribution is -2.53. The van der Waals surface area contributed by atoms with Gasteiger partial charge in [0, 0.05) is 24.0 Å². The highest BCUT2D eigenvalue weighted by Crippen LogP contribution is 2.27. The first-order valence-electron chi connectivity index (χ1n) is 15.5. The summed E-state index contributed by atoms with van der Waals surface area (Å²) in [6, 6.07) is 30.0. The summed E-state index contributed by atoms with van der Waals surface area (Å²) >= 11 is 3.52. The summed E-state index contributed by atoms with van der Waals surface area (Å²) in [4.78, 5) is 29.9. The maximum atomic E-state index is 14.6. The predicted molar refractivity (Wildman–Crippen MR) is 188 cm³/mol. The van der Waals surface area contributed by atoms with Gasteiger partial charge in [-0.25, -0.2) is 8.42 Å². The number of hydrogen-bond acceptors (Lipinski definition) is 4. The molecule has 242 valence electrons. The first-order valence-corrected chi connectivity index (χ1v) is 17.8. The number of benzene rings is 4. The van der Waals surface area contributed by atoms with E-state index in [1.54, 1.807) is 36.4 Å². The van der Waals surface area contributed by atoms with Crippen molar-refractivity contribution in [3.63, 3.8) is 0 Å². The Morgan fingerprint density at radius 1 is 0.848 bits per heavy atom. The number of carbonyl (C=O) groups is 2. The molecule has 1 atom stereocenters. The third-order valence-corrected chi connectivity index (χ3v) is 10.1. The average molecular weight is 705 g/mol. The van der Waals surface area contributed by atoms with E-state index in [-0.39, 0.29) is 29.7 Å². The van der Waals surface area contributed by atoms with Gasteiger partial charge < -0.3 is 10.2 Å². The zero-order chi connectivity index (χ0) is 33.3. The van der Waals surface area contributed by atoms with E-state index in [1.807, 2.05) is 80.6 Å². The minimum atomic E-state index is -4.15. The van der Waals surface area contributed by atoms with E-state index < -0.39 is 28.5 Å². The van der Waals surface area contributed by atoms with Crippen LogP contribution in [0.4, 0.5) is 5.69 Å². The molecule has 0 radical (unpaired) electrons. The van der Waals surface area contributed by atoms with Gasteiger partial charge in [0.15, 0.2) is 0 Å². The second-order valence-electron chi connectivity index (χ2n) is 11.7. The number of rotatable bonds is 14. The fourth-order valence-corrected chi connectivity index (χ4v) is 7.00. The van der Waals surface area contributed by atoms with Gasteiger partial charge >= 0.3 is 0 Å². The molecule has 0 unspecified atom stereocenters. The summed E-state index contributed by atoms with van der Waals surface area (Å²) in [5.74, 6) is -0.529. The van der Waals surface area contributed by atoms with Crippen LogP contribution in [0.2, 0.25) is 0 Å². The third-order valence-electron chi connectivity index (χ3n) is 7.80. The summed E-state index contributed by atoms with van der Waals surface area (Å²) in [5.41, 5.74) is 4.04. The van der Waals surface area contributed by atoms with Crippen LogP contribution in [0.15, 0.2) is 112 Å². The van der Waals surface area contributed by atoms with Crippen molar-refractivity contribution in [2.75, 3.05) is 17.4 Å². The molecule has 1 N–H and O–H groups in total. The normalized spacial score (nSPS) is 12.0. The summed E-state index contributed by atoms with van der Waals surface area (Å²) in [7, 11) is -4.15. The van der Waals surface area contributed by atoms with Gasteiger partial charge in [-0.1, -0.05) is 109 Å². The van der Waals surface area contributed by atoms with Crippen molar-refractivity contribution in [3.05, 3.63) is 130 Å². The standard InChI is InChI=1S/C37H42BrN3O4S/c1-5-22-39-37(43)35(24-29-10-7-6-8-11-29)40(25-30-12-9-13-32(38)23-30)36(42)26-41(33-18-16-31(17-19-33)27(2)3)46(44,45)34-20-14-28(4)15-21-34/h6-21,23,27,35H,5,22,24-26H2,1-4H3,(H,39,43)/t35-/m0/s1. The van der Waals surface area contributed by atoms with E-state index in [0.29, 0.717) is 12.2 Å². The molecular formula is C37H42BrN3O4S. The minimum Gasteiger partial charge on any atom is -0.354 e. The molecule has 0 spiro atoms. The molecule has 0 aliphatic rings. The van der Waals surface area contributed by atoms with Crippen LogP contribution in [0.3, 0.4) is 0 Å². The number of nitrogens with one attached hydrogen (secondary N) is 1. The van der Waals surface area contributed by atoms with Crippen LogP contribution in [0.1, 0.15) is 55.4 Å². The van der Waals surface area contributed by atoms with E-state index in [1.165, 1.54) is 4.90 Å². The third kappa shape index (κ3) is 9.07. The van der Waals surface area contributed by atoms with Crippen LogP contribution in [-0.4, -0.2) is 44.3 Å². The molecule has 4 aromatic carbocycles. The molecule has 0 saturated carbocycles. The Bertz CT molecular complexity index is 1710. The number of anilines is 1. The largest absolute Gasteiger partial charge is 0.354 e. The number of nitrogens with zero attached hydrogens (tertiary/aromatic N) is 2. The van der Waals surface area contributed by atoms with Crippen molar-refractivity contribution in [1.29, 1.82) is 0 Å². The molecule has 4 rings (SSSR count). The first kappa shape index (κ1) is 34.9.